The van der Waals surface area contributed by atoms with E-state index in [2.05, 4.69) is 0 Å². The molecule has 1 aliphatic rings. The zero-order valence-electron chi connectivity index (χ0n) is 9.76. The minimum atomic E-state index is -1.59. The van der Waals surface area contributed by atoms with Crippen LogP contribution in [0, 0.1) is 23.4 Å². The van der Waals surface area contributed by atoms with Crippen molar-refractivity contribution in [2.24, 2.45) is 11.7 Å². The van der Waals surface area contributed by atoms with Gasteiger partial charge in [0.1, 0.15) is 0 Å². The number of halogens is 3. The molecule has 1 saturated carbocycles. The van der Waals surface area contributed by atoms with Gasteiger partial charge in [0.15, 0.2) is 23.2 Å². The number of ketones is 1. The van der Waals surface area contributed by atoms with E-state index in [9.17, 15) is 18.0 Å². The van der Waals surface area contributed by atoms with Crippen LogP contribution in [-0.2, 0) is 0 Å². The monoisotopic (exact) mass is 257 g/mol. The van der Waals surface area contributed by atoms with Gasteiger partial charge in [-0.2, -0.15) is 0 Å². The maximum Gasteiger partial charge on any atom is 0.195 e. The van der Waals surface area contributed by atoms with Gasteiger partial charge in [-0.25, -0.2) is 13.2 Å². The molecule has 0 spiro atoms. The number of carbonyl (C=O) groups excluding carboxylic acids is 1. The van der Waals surface area contributed by atoms with E-state index in [0.717, 1.165) is 12.1 Å². The van der Waals surface area contributed by atoms with E-state index in [0.29, 0.717) is 25.7 Å². The van der Waals surface area contributed by atoms with E-state index in [-0.39, 0.29) is 17.5 Å². The summed E-state index contributed by atoms with van der Waals surface area (Å²) in [6, 6.07) is 1.86. The van der Waals surface area contributed by atoms with Crippen LogP contribution in [0.25, 0.3) is 0 Å². The number of benzene rings is 1. The fourth-order valence-corrected chi connectivity index (χ4v) is 2.32. The Balaban J connectivity index is 2.21. The Labute approximate surface area is 103 Å². The number of hydrogen-bond acceptors (Lipinski definition) is 2. The van der Waals surface area contributed by atoms with Crippen molar-refractivity contribution in [2.45, 2.75) is 31.7 Å². The van der Waals surface area contributed by atoms with Crippen LogP contribution in [0.5, 0.6) is 0 Å². The second kappa shape index (κ2) is 5.10. The summed E-state index contributed by atoms with van der Waals surface area (Å²) in [4.78, 5) is 12.0. The Morgan fingerprint density at radius 3 is 2.28 bits per heavy atom. The maximum atomic E-state index is 13.5. The highest BCUT2D eigenvalue weighted by molar-refractivity contribution is 5.98. The van der Waals surface area contributed by atoms with E-state index < -0.39 is 23.2 Å². The smallest absolute Gasteiger partial charge is 0.195 e. The lowest BCUT2D eigenvalue weighted by atomic mass is 9.82. The highest BCUT2D eigenvalue weighted by atomic mass is 19.2. The molecule has 0 radical (unpaired) electrons. The van der Waals surface area contributed by atoms with Crippen LogP contribution in [0.4, 0.5) is 13.2 Å². The predicted molar refractivity (Wildman–Crippen MR) is 60.6 cm³/mol. The van der Waals surface area contributed by atoms with Crippen LogP contribution in [-0.4, -0.2) is 11.8 Å². The fourth-order valence-electron chi connectivity index (χ4n) is 2.32. The van der Waals surface area contributed by atoms with Crippen molar-refractivity contribution in [3.05, 3.63) is 35.1 Å². The topological polar surface area (TPSA) is 43.1 Å². The highest BCUT2D eigenvalue weighted by Crippen LogP contribution is 2.28. The molecule has 98 valence electrons. The van der Waals surface area contributed by atoms with Gasteiger partial charge in [-0.1, -0.05) is 0 Å². The summed E-state index contributed by atoms with van der Waals surface area (Å²) in [5.41, 5.74) is 5.35. The largest absolute Gasteiger partial charge is 0.328 e. The molecule has 5 heteroatoms. The van der Waals surface area contributed by atoms with Gasteiger partial charge in [0.25, 0.3) is 0 Å². The lowest BCUT2D eigenvalue weighted by Crippen LogP contribution is -2.30. The van der Waals surface area contributed by atoms with Gasteiger partial charge in [0.2, 0.25) is 0 Å². The molecule has 2 nitrogen and oxygen atoms in total. The van der Waals surface area contributed by atoms with Crippen LogP contribution < -0.4 is 5.73 Å². The summed E-state index contributed by atoms with van der Waals surface area (Å²) in [6.45, 7) is 0. The van der Waals surface area contributed by atoms with Gasteiger partial charge in [-0.3, -0.25) is 4.79 Å². The zero-order chi connectivity index (χ0) is 13.3. The van der Waals surface area contributed by atoms with Crippen LogP contribution in [0.2, 0.25) is 0 Å². The predicted octanol–water partition coefficient (Wildman–Crippen LogP) is 2.80. The van der Waals surface area contributed by atoms with E-state index in [1.54, 1.807) is 0 Å². The first-order chi connectivity index (χ1) is 8.50. The van der Waals surface area contributed by atoms with Gasteiger partial charge in [0, 0.05) is 12.0 Å². The molecule has 0 saturated heterocycles. The first-order valence-corrected chi connectivity index (χ1v) is 5.94. The van der Waals surface area contributed by atoms with Crippen LogP contribution >= 0.6 is 0 Å². The third kappa shape index (κ3) is 2.41. The Morgan fingerprint density at radius 2 is 1.67 bits per heavy atom. The van der Waals surface area contributed by atoms with Gasteiger partial charge in [-0.15, -0.1) is 0 Å². The summed E-state index contributed by atoms with van der Waals surface area (Å²) in [7, 11) is 0. The maximum absolute atomic E-state index is 13.5. The number of hydrogen-bond donors (Lipinski definition) is 1. The average Bonchev–Trinajstić information content (AvgIpc) is 2.36. The van der Waals surface area contributed by atoms with Gasteiger partial charge in [-0.05, 0) is 37.8 Å². The molecule has 0 bridgehead atoms. The Morgan fingerprint density at radius 1 is 1.06 bits per heavy atom. The molecule has 0 aromatic heterocycles. The van der Waals surface area contributed by atoms with Crippen LogP contribution in [0.1, 0.15) is 36.0 Å². The number of nitrogens with two attached hydrogens (primary N) is 1. The van der Waals surface area contributed by atoms with E-state index >= 15 is 0 Å². The molecule has 1 fully saturated rings. The van der Waals surface area contributed by atoms with E-state index in [4.69, 9.17) is 5.73 Å². The third-order valence-electron chi connectivity index (χ3n) is 3.44. The molecule has 0 amide bonds. The molecule has 2 rings (SSSR count). The Hall–Kier alpha value is -1.36. The molecule has 1 aliphatic carbocycles. The normalized spacial score (nSPS) is 24.0. The van der Waals surface area contributed by atoms with Crippen molar-refractivity contribution in [3.63, 3.8) is 0 Å². The summed E-state index contributed by atoms with van der Waals surface area (Å²) >= 11 is 0. The molecule has 0 aliphatic heterocycles. The third-order valence-corrected chi connectivity index (χ3v) is 3.44. The van der Waals surface area contributed by atoms with Crippen molar-refractivity contribution >= 4 is 5.78 Å². The lowest BCUT2D eigenvalue weighted by Gasteiger charge is -2.25. The van der Waals surface area contributed by atoms with E-state index in [1.165, 1.54) is 0 Å². The molecule has 0 atom stereocenters. The van der Waals surface area contributed by atoms with Crippen molar-refractivity contribution in [2.75, 3.05) is 0 Å². The first kappa shape index (κ1) is 13.1. The molecule has 0 heterocycles. The molecular formula is C13H14F3NO. The average molecular weight is 257 g/mol. The SMILES string of the molecule is NC1CCC(C(=O)c2ccc(F)c(F)c2F)CC1. The second-order valence-electron chi connectivity index (χ2n) is 4.70. The highest BCUT2D eigenvalue weighted by Gasteiger charge is 2.28. The number of rotatable bonds is 2. The minimum absolute atomic E-state index is 0.0730. The number of Topliss-reactive ketones (excluding diaryl/α,β-unsaturated/α-hetero) is 1. The van der Waals surface area contributed by atoms with Crippen molar-refractivity contribution < 1.29 is 18.0 Å². The number of carbonyl (C=O) groups is 1. The summed E-state index contributed by atoms with van der Waals surface area (Å²) in [5.74, 6) is -5.07. The summed E-state index contributed by atoms with van der Waals surface area (Å²) in [5, 5.41) is 0. The molecule has 1 aromatic carbocycles. The van der Waals surface area contributed by atoms with Crippen molar-refractivity contribution in [1.29, 1.82) is 0 Å². The molecule has 0 unspecified atom stereocenters. The van der Waals surface area contributed by atoms with Crippen molar-refractivity contribution in [3.8, 4) is 0 Å². The van der Waals surface area contributed by atoms with Gasteiger partial charge < -0.3 is 5.73 Å². The summed E-state index contributed by atoms with van der Waals surface area (Å²) in [6.07, 6.45) is 2.53. The van der Waals surface area contributed by atoms with Crippen molar-refractivity contribution in [1.82, 2.24) is 0 Å². The summed E-state index contributed by atoms with van der Waals surface area (Å²) < 4.78 is 39.3. The first-order valence-electron chi connectivity index (χ1n) is 5.94. The molecule has 18 heavy (non-hydrogen) atoms. The van der Waals surface area contributed by atoms with Crippen LogP contribution in [0.3, 0.4) is 0 Å². The minimum Gasteiger partial charge on any atom is -0.328 e. The van der Waals surface area contributed by atoms with Gasteiger partial charge in [0.05, 0.1) is 5.56 Å². The zero-order valence-corrected chi connectivity index (χ0v) is 9.76. The molecule has 2 N–H and O–H groups in total. The quantitative estimate of drug-likeness (QED) is 0.654. The van der Waals surface area contributed by atoms with E-state index in [1.807, 2.05) is 0 Å². The standard InChI is InChI=1S/C13H14F3NO/c14-10-6-5-9(11(15)12(10)16)13(18)7-1-3-8(17)4-2-7/h5-8H,1-4,17H2. The Bertz CT molecular complexity index is 468. The second-order valence-corrected chi connectivity index (χ2v) is 4.70. The fraction of sp³-hybridized carbons (Fsp3) is 0.462. The molecular weight excluding hydrogens is 243 g/mol. The molecule has 1 aromatic rings. The van der Waals surface area contributed by atoms with Crippen LogP contribution in [0.15, 0.2) is 12.1 Å². The Kier molecular flexibility index (Phi) is 3.71. The lowest BCUT2D eigenvalue weighted by molar-refractivity contribution is 0.0879. The van der Waals surface area contributed by atoms with Gasteiger partial charge >= 0.3 is 0 Å².